The molecule has 6 heteroatoms. The van der Waals surface area contributed by atoms with E-state index in [2.05, 4.69) is 17.1 Å². The van der Waals surface area contributed by atoms with Crippen molar-refractivity contribution in [1.29, 1.82) is 0 Å². The SMILES string of the molecule is CCc1ccccc1NC(=O)CN1CCN(C(=O)C(N)c2ccccc2)CC1. The molecular weight excluding hydrogens is 352 g/mol. The second kappa shape index (κ2) is 9.48. The molecule has 1 heterocycles. The highest BCUT2D eigenvalue weighted by Gasteiger charge is 2.26. The summed E-state index contributed by atoms with van der Waals surface area (Å²) < 4.78 is 0. The summed E-state index contributed by atoms with van der Waals surface area (Å²) in [4.78, 5) is 28.9. The third-order valence-electron chi connectivity index (χ3n) is 5.15. The molecule has 28 heavy (non-hydrogen) atoms. The Kier molecular flexibility index (Phi) is 6.79. The Balaban J connectivity index is 1.48. The van der Waals surface area contributed by atoms with Crippen LogP contribution in [0, 0.1) is 0 Å². The van der Waals surface area contributed by atoms with Crippen molar-refractivity contribution >= 4 is 17.5 Å². The van der Waals surface area contributed by atoms with E-state index < -0.39 is 6.04 Å². The predicted molar refractivity (Wildman–Crippen MR) is 111 cm³/mol. The Morgan fingerprint density at radius 2 is 1.64 bits per heavy atom. The van der Waals surface area contributed by atoms with Gasteiger partial charge in [0.1, 0.15) is 6.04 Å². The Morgan fingerprint density at radius 1 is 1.00 bits per heavy atom. The molecule has 1 saturated heterocycles. The van der Waals surface area contributed by atoms with Crippen LogP contribution in [0.4, 0.5) is 5.69 Å². The van der Waals surface area contributed by atoms with Gasteiger partial charge in [-0.1, -0.05) is 55.5 Å². The normalized spacial score (nSPS) is 15.9. The Hall–Kier alpha value is -2.70. The van der Waals surface area contributed by atoms with Gasteiger partial charge in [-0.05, 0) is 23.6 Å². The molecule has 0 spiro atoms. The number of para-hydroxylation sites is 1. The third kappa shape index (κ3) is 4.97. The molecule has 0 aromatic heterocycles. The van der Waals surface area contributed by atoms with E-state index in [1.54, 1.807) is 4.90 Å². The van der Waals surface area contributed by atoms with E-state index in [4.69, 9.17) is 5.73 Å². The molecule has 0 aliphatic carbocycles. The molecule has 3 rings (SSSR count). The number of carbonyl (C=O) groups is 2. The van der Waals surface area contributed by atoms with Crippen molar-refractivity contribution in [2.24, 2.45) is 5.73 Å². The van der Waals surface area contributed by atoms with E-state index in [0.717, 1.165) is 23.2 Å². The highest BCUT2D eigenvalue weighted by atomic mass is 16.2. The van der Waals surface area contributed by atoms with Gasteiger partial charge in [-0.15, -0.1) is 0 Å². The van der Waals surface area contributed by atoms with Crippen molar-refractivity contribution < 1.29 is 9.59 Å². The van der Waals surface area contributed by atoms with Gasteiger partial charge in [-0.3, -0.25) is 14.5 Å². The molecule has 0 bridgehead atoms. The second-order valence-corrected chi connectivity index (χ2v) is 7.05. The number of nitrogens with two attached hydrogens (primary N) is 1. The number of hydrogen-bond donors (Lipinski definition) is 2. The van der Waals surface area contributed by atoms with Crippen molar-refractivity contribution in [3.8, 4) is 0 Å². The maximum atomic E-state index is 12.6. The molecular formula is C22H28N4O2. The van der Waals surface area contributed by atoms with E-state index in [1.165, 1.54) is 0 Å². The van der Waals surface area contributed by atoms with Crippen LogP contribution in [0.3, 0.4) is 0 Å². The van der Waals surface area contributed by atoms with Gasteiger partial charge < -0.3 is 16.0 Å². The maximum absolute atomic E-state index is 12.6. The summed E-state index contributed by atoms with van der Waals surface area (Å²) in [5.41, 5.74) is 8.95. The zero-order valence-electron chi connectivity index (χ0n) is 16.3. The van der Waals surface area contributed by atoms with Crippen LogP contribution in [0.2, 0.25) is 0 Å². The molecule has 0 radical (unpaired) electrons. The van der Waals surface area contributed by atoms with Crippen LogP contribution >= 0.6 is 0 Å². The average Bonchev–Trinajstić information content (AvgIpc) is 2.74. The molecule has 2 aromatic carbocycles. The smallest absolute Gasteiger partial charge is 0.244 e. The molecule has 1 aliphatic rings. The number of carbonyl (C=O) groups excluding carboxylic acids is 2. The minimum Gasteiger partial charge on any atom is -0.338 e. The summed E-state index contributed by atoms with van der Waals surface area (Å²) >= 11 is 0. The Bertz CT molecular complexity index is 801. The van der Waals surface area contributed by atoms with Crippen LogP contribution < -0.4 is 11.1 Å². The largest absolute Gasteiger partial charge is 0.338 e. The summed E-state index contributed by atoms with van der Waals surface area (Å²) in [6, 6.07) is 16.6. The predicted octanol–water partition coefficient (Wildman–Crippen LogP) is 2.03. The molecule has 1 unspecified atom stereocenters. The molecule has 6 nitrogen and oxygen atoms in total. The monoisotopic (exact) mass is 380 g/mol. The molecule has 2 amide bonds. The fourth-order valence-electron chi connectivity index (χ4n) is 3.47. The molecule has 1 atom stereocenters. The van der Waals surface area contributed by atoms with Crippen LogP contribution in [-0.4, -0.2) is 54.3 Å². The van der Waals surface area contributed by atoms with E-state index in [0.29, 0.717) is 32.7 Å². The van der Waals surface area contributed by atoms with E-state index in [1.807, 2.05) is 54.6 Å². The summed E-state index contributed by atoms with van der Waals surface area (Å²) in [6.07, 6.45) is 0.874. The molecule has 2 aromatic rings. The standard InChI is InChI=1S/C22H28N4O2/c1-2-17-8-6-7-11-19(17)24-20(27)16-25-12-14-26(15-13-25)22(28)21(23)18-9-4-3-5-10-18/h3-11,21H,2,12-16,23H2,1H3,(H,24,27). The van der Waals surface area contributed by atoms with E-state index in [9.17, 15) is 9.59 Å². The van der Waals surface area contributed by atoms with Gasteiger partial charge in [0.05, 0.1) is 6.54 Å². The first-order valence-corrected chi connectivity index (χ1v) is 9.78. The van der Waals surface area contributed by atoms with Crippen LogP contribution in [0.25, 0.3) is 0 Å². The summed E-state index contributed by atoms with van der Waals surface area (Å²) in [6.45, 7) is 4.88. The number of rotatable bonds is 6. The fraction of sp³-hybridized carbons (Fsp3) is 0.364. The van der Waals surface area contributed by atoms with Crippen molar-refractivity contribution in [3.63, 3.8) is 0 Å². The number of anilines is 1. The number of nitrogens with one attached hydrogen (secondary N) is 1. The minimum absolute atomic E-state index is 0.0262. The van der Waals surface area contributed by atoms with Gasteiger partial charge in [0, 0.05) is 31.9 Å². The number of hydrogen-bond acceptors (Lipinski definition) is 4. The van der Waals surface area contributed by atoms with Gasteiger partial charge in [-0.2, -0.15) is 0 Å². The van der Waals surface area contributed by atoms with Crippen LogP contribution in [-0.2, 0) is 16.0 Å². The second-order valence-electron chi connectivity index (χ2n) is 7.05. The highest BCUT2D eigenvalue weighted by Crippen LogP contribution is 2.16. The van der Waals surface area contributed by atoms with E-state index in [-0.39, 0.29) is 11.8 Å². The number of amides is 2. The van der Waals surface area contributed by atoms with Crippen LogP contribution in [0.15, 0.2) is 54.6 Å². The number of benzene rings is 2. The van der Waals surface area contributed by atoms with Crippen LogP contribution in [0.1, 0.15) is 24.1 Å². The van der Waals surface area contributed by atoms with Gasteiger partial charge in [-0.25, -0.2) is 0 Å². The van der Waals surface area contributed by atoms with Crippen molar-refractivity contribution in [2.45, 2.75) is 19.4 Å². The summed E-state index contributed by atoms with van der Waals surface area (Å²) in [5.74, 6) is -0.0890. The van der Waals surface area contributed by atoms with Gasteiger partial charge in [0.15, 0.2) is 0 Å². The lowest BCUT2D eigenvalue weighted by molar-refractivity contribution is -0.134. The molecule has 3 N–H and O–H groups in total. The zero-order chi connectivity index (χ0) is 19.9. The molecule has 1 fully saturated rings. The van der Waals surface area contributed by atoms with E-state index >= 15 is 0 Å². The van der Waals surface area contributed by atoms with Gasteiger partial charge >= 0.3 is 0 Å². The van der Waals surface area contributed by atoms with Crippen molar-refractivity contribution in [3.05, 3.63) is 65.7 Å². The number of aryl methyl sites for hydroxylation is 1. The minimum atomic E-state index is -0.637. The Labute approximate surface area is 166 Å². The topological polar surface area (TPSA) is 78.7 Å². The van der Waals surface area contributed by atoms with Crippen LogP contribution in [0.5, 0.6) is 0 Å². The third-order valence-corrected chi connectivity index (χ3v) is 5.15. The first-order valence-electron chi connectivity index (χ1n) is 9.78. The zero-order valence-corrected chi connectivity index (χ0v) is 16.3. The number of nitrogens with zero attached hydrogens (tertiary/aromatic N) is 2. The fourth-order valence-corrected chi connectivity index (χ4v) is 3.47. The van der Waals surface area contributed by atoms with Crippen molar-refractivity contribution in [2.75, 3.05) is 38.0 Å². The number of piperazine rings is 1. The maximum Gasteiger partial charge on any atom is 0.244 e. The highest BCUT2D eigenvalue weighted by molar-refractivity contribution is 5.93. The molecule has 148 valence electrons. The first-order chi connectivity index (χ1) is 13.6. The first kappa shape index (κ1) is 20.0. The van der Waals surface area contributed by atoms with Gasteiger partial charge in [0.2, 0.25) is 11.8 Å². The summed E-state index contributed by atoms with van der Waals surface area (Å²) in [7, 11) is 0. The molecule has 0 saturated carbocycles. The molecule has 1 aliphatic heterocycles. The van der Waals surface area contributed by atoms with Gasteiger partial charge in [0.25, 0.3) is 0 Å². The Morgan fingerprint density at radius 3 is 2.32 bits per heavy atom. The quantitative estimate of drug-likeness (QED) is 0.804. The lowest BCUT2D eigenvalue weighted by Gasteiger charge is -2.35. The average molecular weight is 380 g/mol. The van der Waals surface area contributed by atoms with Crippen molar-refractivity contribution in [1.82, 2.24) is 9.80 Å². The summed E-state index contributed by atoms with van der Waals surface area (Å²) in [5, 5.41) is 3.00. The lowest BCUT2D eigenvalue weighted by Crippen LogP contribution is -2.52. The lowest BCUT2D eigenvalue weighted by atomic mass is 10.1.